The number of amides is 1. The molecule has 134 valence electrons. The van der Waals surface area contributed by atoms with Crippen LogP contribution < -0.4 is 5.32 Å². The summed E-state index contributed by atoms with van der Waals surface area (Å²) in [5.74, 6) is -0.479. The maximum atomic E-state index is 13.0. The Bertz CT molecular complexity index is 876. The quantitative estimate of drug-likeness (QED) is 0.825. The molecule has 25 heavy (non-hydrogen) atoms. The fourth-order valence-corrected chi connectivity index (χ4v) is 5.54. The summed E-state index contributed by atoms with van der Waals surface area (Å²) in [5.41, 5.74) is 2.15. The lowest BCUT2D eigenvalue weighted by Gasteiger charge is -2.28. The van der Waals surface area contributed by atoms with Gasteiger partial charge in [-0.15, -0.1) is 11.3 Å². The van der Waals surface area contributed by atoms with Crippen LogP contribution in [0.3, 0.4) is 0 Å². The molecule has 1 aliphatic heterocycles. The molecule has 0 saturated carbocycles. The Morgan fingerprint density at radius 2 is 2.04 bits per heavy atom. The number of hydrogen-bond acceptors (Lipinski definition) is 5. The Labute approximate surface area is 151 Å². The lowest BCUT2D eigenvalue weighted by molar-refractivity contribution is 0.0923. The second kappa shape index (κ2) is 7.25. The summed E-state index contributed by atoms with van der Waals surface area (Å²) in [6, 6.07) is 8.83. The van der Waals surface area contributed by atoms with Crippen LogP contribution in [-0.4, -0.2) is 42.9 Å². The van der Waals surface area contributed by atoms with Crippen LogP contribution in [0.1, 0.15) is 27.7 Å². The Kier molecular flexibility index (Phi) is 5.24. The Morgan fingerprint density at radius 3 is 2.76 bits per heavy atom. The van der Waals surface area contributed by atoms with E-state index < -0.39 is 22.0 Å². The smallest absolute Gasteiger partial charge is 0.263 e. The van der Waals surface area contributed by atoms with Gasteiger partial charge in [0, 0.05) is 19.1 Å². The number of aliphatic hydroxyl groups excluding tert-OH is 1. The Balaban J connectivity index is 1.87. The molecular weight excluding hydrogens is 360 g/mol. The first kappa shape index (κ1) is 18.1. The lowest BCUT2D eigenvalue weighted by Crippen LogP contribution is -2.38. The number of rotatable bonds is 5. The van der Waals surface area contributed by atoms with Crippen molar-refractivity contribution in [1.82, 2.24) is 9.62 Å². The van der Waals surface area contributed by atoms with Crippen LogP contribution in [0, 0.1) is 0 Å². The molecule has 0 aliphatic carbocycles. The van der Waals surface area contributed by atoms with Gasteiger partial charge in [-0.2, -0.15) is 4.31 Å². The molecule has 2 N–H and O–H groups in total. The van der Waals surface area contributed by atoms with E-state index in [1.54, 1.807) is 12.3 Å². The standard InChI is InChI=1S/C17H20N2O4S2/c1-12(11-20)18-17(21)16-15(7-9-24-16)25(22,23)19-8-6-13-4-2-3-5-14(13)10-19/h2-5,7,9,12,20H,6,8,10-11H2,1H3,(H,18,21). The molecule has 8 heteroatoms. The molecule has 0 spiro atoms. The number of carbonyl (C=O) groups is 1. The van der Waals surface area contributed by atoms with Crippen molar-refractivity contribution in [1.29, 1.82) is 0 Å². The number of nitrogens with one attached hydrogen (secondary N) is 1. The van der Waals surface area contributed by atoms with Crippen LogP contribution in [0.15, 0.2) is 40.6 Å². The van der Waals surface area contributed by atoms with Gasteiger partial charge in [0.05, 0.1) is 6.61 Å². The number of fused-ring (bicyclic) bond motifs is 1. The van der Waals surface area contributed by atoms with E-state index in [2.05, 4.69) is 5.32 Å². The van der Waals surface area contributed by atoms with Crippen LogP contribution in [0.2, 0.25) is 0 Å². The number of aliphatic hydroxyl groups is 1. The van der Waals surface area contributed by atoms with E-state index in [0.29, 0.717) is 19.5 Å². The van der Waals surface area contributed by atoms with Gasteiger partial charge < -0.3 is 10.4 Å². The van der Waals surface area contributed by atoms with E-state index in [1.165, 1.54) is 10.4 Å². The minimum atomic E-state index is -3.76. The predicted molar refractivity (Wildman–Crippen MR) is 96.1 cm³/mol. The molecule has 1 aromatic carbocycles. The second-order valence-electron chi connectivity index (χ2n) is 6.03. The van der Waals surface area contributed by atoms with E-state index in [4.69, 9.17) is 5.11 Å². The summed E-state index contributed by atoms with van der Waals surface area (Å²) >= 11 is 1.09. The maximum Gasteiger partial charge on any atom is 0.263 e. The summed E-state index contributed by atoms with van der Waals surface area (Å²) in [6.45, 7) is 2.15. The molecule has 2 heterocycles. The first-order valence-corrected chi connectivity index (χ1v) is 10.3. The average Bonchev–Trinajstić information content (AvgIpc) is 3.12. The topological polar surface area (TPSA) is 86.7 Å². The number of sulfonamides is 1. The molecule has 0 fully saturated rings. The van der Waals surface area contributed by atoms with Crippen molar-refractivity contribution in [3.8, 4) is 0 Å². The lowest BCUT2D eigenvalue weighted by atomic mass is 10.0. The SMILES string of the molecule is CC(CO)NC(=O)c1sccc1S(=O)(=O)N1CCc2ccccc2C1. The summed E-state index contributed by atoms with van der Waals surface area (Å²) in [7, 11) is -3.76. The molecule has 0 bridgehead atoms. The van der Waals surface area contributed by atoms with E-state index in [9.17, 15) is 13.2 Å². The molecule has 3 rings (SSSR count). The largest absolute Gasteiger partial charge is 0.394 e. The molecule has 1 aliphatic rings. The zero-order valence-electron chi connectivity index (χ0n) is 13.8. The van der Waals surface area contributed by atoms with Crippen LogP contribution in [0.25, 0.3) is 0 Å². The molecule has 1 unspecified atom stereocenters. The van der Waals surface area contributed by atoms with Gasteiger partial charge >= 0.3 is 0 Å². The normalized spacial score (nSPS) is 16.2. The molecule has 0 radical (unpaired) electrons. The Hall–Kier alpha value is -1.74. The van der Waals surface area contributed by atoms with Gasteiger partial charge in [-0.25, -0.2) is 8.42 Å². The van der Waals surface area contributed by atoms with Gasteiger partial charge in [-0.05, 0) is 35.9 Å². The third-order valence-corrected chi connectivity index (χ3v) is 7.13. The average molecular weight is 380 g/mol. The number of hydrogen-bond donors (Lipinski definition) is 2. The van der Waals surface area contributed by atoms with Gasteiger partial charge in [0.1, 0.15) is 9.77 Å². The van der Waals surface area contributed by atoms with Crippen molar-refractivity contribution in [3.05, 3.63) is 51.7 Å². The van der Waals surface area contributed by atoms with E-state index in [1.807, 2.05) is 24.3 Å². The Morgan fingerprint density at radius 1 is 1.32 bits per heavy atom. The molecule has 1 amide bonds. The zero-order valence-corrected chi connectivity index (χ0v) is 15.4. The van der Waals surface area contributed by atoms with Gasteiger partial charge in [-0.1, -0.05) is 24.3 Å². The third-order valence-electron chi connectivity index (χ3n) is 4.20. The second-order valence-corrected chi connectivity index (χ2v) is 8.85. The van der Waals surface area contributed by atoms with Crippen molar-refractivity contribution < 1.29 is 18.3 Å². The summed E-state index contributed by atoms with van der Waals surface area (Å²) in [4.78, 5) is 12.5. The fourth-order valence-electron chi connectivity index (χ4n) is 2.82. The highest BCUT2D eigenvalue weighted by molar-refractivity contribution is 7.89. The fraction of sp³-hybridized carbons (Fsp3) is 0.353. The van der Waals surface area contributed by atoms with Gasteiger partial charge in [0.15, 0.2) is 0 Å². The van der Waals surface area contributed by atoms with Crippen LogP contribution in [0.5, 0.6) is 0 Å². The van der Waals surface area contributed by atoms with E-state index in [-0.39, 0.29) is 16.4 Å². The van der Waals surface area contributed by atoms with Crippen molar-refractivity contribution in [2.24, 2.45) is 0 Å². The van der Waals surface area contributed by atoms with Crippen LogP contribution in [0.4, 0.5) is 0 Å². The van der Waals surface area contributed by atoms with Gasteiger partial charge in [0.2, 0.25) is 10.0 Å². The number of thiophene rings is 1. The van der Waals surface area contributed by atoms with E-state index >= 15 is 0 Å². The third kappa shape index (κ3) is 3.62. The summed E-state index contributed by atoms with van der Waals surface area (Å²) in [5, 5.41) is 13.3. The van der Waals surface area contributed by atoms with Crippen molar-refractivity contribution in [2.45, 2.75) is 30.8 Å². The van der Waals surface area contributed by atoms with E-state index in [0.717, 1.165) is 22.5 Å². The molecular formula is C17H20N2O4S2. The highest BCUT2D eigenvalue weighted by Crippen LogP contribution is 2.29. The maximum absolute atomic E-state index is 13.0. The van der Waals surface area contributed by atoms with Gasteiger partial charge in [0.25, 0.3) is 5.91 Å². The van der Waals surface area contributed by atoms with Crippen LogP contribution >= 0.6 is 11.3 Å². The van der Waals surface area contributed by atoms with Crippen LogP contribution in [-0.2, 0) is 23.0 Å². The minimum absolute atomic E-state index is 0.0273. The van der Waals surface area contributed by atoms with Crippen molar-refractivity contribution in [3.63, 3.8) is 0 Å². The predicted octanol–water partition coefficient (Wildman–Crippen LogP) is 1.61. The number of benzene rings is 1. The number of nitrogens with zero attached hydrogens (tertiary/aromatic N) is 1. The molecule has 6 nitrogen and oxygen atoms in total. The molecule has 2 aromatic rings. The van der Waals surface area contributed by atoms with Crippen molar-refractivity contribution in [2.75, 3.05) is 13.2 Å². The number of carbonyl (C=O) groups excluding carboxylic acids is 1. The monoisotopic (exact) mass is 380 g/mol. The highest BCUT2D eigenvalue weighted by atomic mass is 32.2. The first-order valence-electron chi connectivity index (χ1n) is 7.99. The molecule has 0 saturated heterocycles. The van der Waals surface area contributed by atoms with Crippen molar-refractivity contribution >= 4 is 27.3 Å². The molecule has 1 aromatic heterocycles. The zero-order chi connectivity index (χ0) is 18.0. The summed E-state index contributed by atoms with van der Waals surface area (Å²) < 4.78 is 27.5. The first-order chi connectivity index (χ1) is 11.9. The summed E-state index contributed by atoms with van der Waals surface area (Å²) in [6.07, 6.45) is 0.655. The van der Waals surface area contributed by atoms with Gasteiger partial charge in [-0.3, -0.25) is 4.79 Å². The minimum Gasteiger partial charge on any atom is -0.394 e. The highest BCUT2D eigenvalue weighted by Gasteiger charge is 2.32. The molecule has 1 atom stereocenters.